The van der Waals surface area contributed by atoms with Crippen LogP contribution in [-0.4, -0.2) is 62.3 Å². The standard InChI is InChI=1S/C25H30N2O4/c28-25-21-7-5-19(29-15-3-13-26-9-1-10-26)17-23(21)31-24-18-20(6-8-22(24)25)30-16-4-14-27-11-2-12-27/h5-8,17-18H,1-4,9-16H2. The lowest BCUT2D eigenvalue weighted by atomic mass is 10.1. The van der Waals surface area contributed by atoms with Gasteiger partial charge < -0.3 is 23.7 Å². The van der Waals surface area contributed by atoms with Gasteiger partial charge in [-0.3, -0.25) is 4.79 Å². The van der Waals surface area contributed by atoms with Crippen LogP contribution in [0.25, 0.3) is 21.9 Å². The second-order valence-electron chi connectivity index (χ2n) is 8.54. The van der Waals surface area contributed by atoms with Gasteiger partial charge in [0.25, 0.3) is 0 Å². The Morgan fingerprint density at radius 1 is 0.742 bits per heavy atom. The SMILES string of the molecule is O=c1c2ccc(OCCCN3CCC3)cc2oc2cc(OCCCN3CCC3)ccc12. The van der Waals surface area contributed by atoms with Gasteiger partial charge in [0.05, 0.1) is 24.0 Å². The first-order valence-corrected chi connectivity index (χ1v) is 11.5. The van der Waals surface area contributed by atoms with E-state index in [4.69, 9.17) is 13.9 Å². The molecular formula is C25H30N2O4. The Bertz CT molecular complexity index is 1020. The molecule has 0 bridgehead atoms. The number of benzene rings is 2. The molecule has 0 aliphatic carbocycles. The van der Waals surface area contributed by atoms with Crippen molar-refractivity contribution in [3.05, 3.63) is 46.6 Å². The largest absolute Gasteiger partial charge is 0.493 e. The van der Waals surface area contributed by atoms with Gasteiger partial charge in [-0.05, 0) is 76.1 Å². The van der Waals surface area contributed by atoms with Crippen molar-refractivity contribution in [3.63, 3.8) is 0 Å². The number of nitrogens with zero attached hydrogens (tertiary/aromatic N) is 2. The van der Waals surface area contributed by atoms with Gasteiger partial charge in [0, 0.05) is 25.2 Å². The molecule has 0 radical (unpaired) electrons. The third-order valence-corrected chi connectivity index (χ3v) is 6.29. The molecule has 31 heavy (non-hydrogen) atoms. The van der Waals surface area contributed by atoms with Gasteiger partial charge in [-0.1, -0.05) is 0 Å². The molecule has 0 saturated carbocycles. The zero-order valence-electron chi connectivity index (χ0n) is 18.0. The minimum atomic E-state index is -0.0232. The highest BCUT2D eigenvalue weighted by atomic mass is 16.5. The summed E-state index contributed by atoms with van der Waals surface area (Å²) in [5.41, 5.74) is 1.07. The van der Waals surface area contributed by atoms with E-state index in [-0.39, 0.29) is 5.43 Å². The third kappa shape index (κ3) is 4.70. The van der Waals surface area contributed by atoms with Crippen LogP contribution >= 0.6 is 0 Å². The van der Waals surface area contributed by atoms with Crippen molar-refractivity contribution >= 4 is 21.9 Å². The summed E-state index contributed by atoms with van der Waals surface area (Å²) in [6.07, 6.45) is 4.62. The fraction of sp³-hybridized carbons (Fsp3) is 0.480. The van der Waals surface area contributed by atoms with Crippen molar-refractivity contribution in [3.8, 4) is 11.5 Å². The van der Waals surface area contributed by atoms with Crippen molar-refractivity contribution in [2.45, 2.75) is 25.7 Å². The lowest BCUT2D eigenvalue weighted by Gasteiger charge is -2.30. The van der Waals surface area contributed by atoms with Crippen LogP contribution in [-0.2, 0) is 0 Å². The number of likely N-dealkylation sites (tertiary alicyclic amines) is 2. The fourth-order valence-electron chi connectivity index (χ4n) is 4.16. The van der Waals surface area contributed by atoms with E-state index in [9.17, 15) is 4.79 Å². The quantitative estimate of drug-likeness (QED) is 0.365. The molecule has 5 rings (SSSR count). The zero-order chi connectivity index (χ0) is 21.0. The molecule has 3 heterocycles. The summed E-state index contributed by atoms with van der Waals surface area (Å²) in [5.74, 6) is 1.47. The number of fused-ring (bicyclic) bond motifs is 2. The minimum Gasteiger partial charge on any atom is -0.493 e. The highest BCUT2D eigenvalue weighted by Crippen LogP contribution is 2.26. The Morgan fingerprint density at radius 3 is 1.65 bits per heavy atom. The Labute approximate surface area is 182 Å². The van der Waals surface area contributed by atoms with Crippen molar-refractivity contribution in [2.75, 3.05) is 52.5 Å². The number of rotatable bonds is 10. The highest BCUT2D eigenvalue weighted by molar-refractivity contribution is 5.90. The van der Waals surface area contributed by atoms with Crippen LogP contribution in [0, 0.1) is 0 Å². The summed E-state index contributed by atoms with van der Waals surface area (Å²) in [7, 11) is 0. The van der Waals surface area contributed by atoms with Gasteiger partial charge in [-0.15, -0.1) is 0 Å². The molecule has 6 nitrogen and oxygen atoms in total. The molecule has 0 spiro atoms. The monoisotopic (exact) mass is 422 g/mol. The van der Waals surface area contributed by atoms with Crippen LogP contribution in [0.1, 0.15) is 25.7 Å². The van der Waals surface area contributed by atoms with Gasteiger partial charge in [0.1, 0.15) is 22.7 Å². The number of ether oxygens (including phenoxy) is 2. The molecule has 1 aromatic heterocycles. The summed E-state index contributed by atoms with van der Waals surface area (Å²) in [4.78, 5) is 17.8. The molecule has 2 aliphatic rings. The highest BCUT2D eigenvalue weighted by Gasteiger charge is 2.14. The van der Waals surface area contributed by atoms with Gasteiger partial charge in [0.2, 0.25) is 5.43 Å². The Balaban J connectivity index is 1.26. The molecule has 0 N–H and O–H groups in total. The molecular weight excluding hydrogens is 392 g/mol. The van der Waals surface area contributed by atoms with Crippen LogP contribution in [0.5, 0.6) is 11.5 Å². The average Bonchev–Trinajstić information content (AvgIpc) is 2.70. The van der Waals surface area contributed by atoms with E-state index in [1.54, 1.807) is 12.1 Å². The third-order valence-electron chi connectivity index (χ3n) is 6.29. The number of hydrogen-bond donors (Lipinski definition) is 0. The first kappa shape index (κ1) is 20.3. The average molecular weight is 423 g/mol. The van der Waals surface area contributed by atoms with E-state index in [0.717, 1.165) is 37.4 Å². The topological polar surface area (TPSA) is 55.1 Å². The first-order chi connectivity index (χ1) is 15.3. The van der Waals surface area contributed by atoms with Gasteiger partial charge in [0.15, 0.2) is 0 Å². The normalized spacial score (nSPS) is 16.9. The first-order valence-electron chi connectivity index (χ1n) is 11.5. The fourth-order valence-corrected chi connectivity index (χ4v) is 4.16. The van der Waals surface area contributed by atoms with Crippen LogP contribution in [0.2, 0.25) is 0 Å². The molecule has 0 amide bonds. The van der Waals surface area contributed by atoms with Gasteiger partial charge >= 0.3 is 0 Å². The molecule has 2 fully saturated rings. The van der Waals surface area contributed by atoms with Crippen molar-refractivity contribution in [1.82, 2.24) is 9.80 Å². The molecule has 3 aromatic rings. The van der Waals surface area contributed by atoms with E-state index in [2.05, 4.69) is 9.80 Å². The second kappa shape index (κ2) is 9.28. The molecule has 2 saturated heterocycles. The molecule has 0 unspecified atom stereocenters. The summed E-state index contributed by atoms with van der Waals surface area (Å²) in [5, 5.41) is 1.15. The second-order valence-corrected chi connectivity index (χ2v) is 8.54. The molecule has 164 valence electrons. The zero-order valence-corrected chi connectivity index (χ0v) is 18.0. The lowest BCUT2D eigenvalue weighted by Crippen LogP contribution is -2.38. The van der Waals surface area contributed by atoms with Gasteiger partial charge in [-0.25, -0.2) is 0 Å². The summed E-state index contributed by atoms with van der Waals surface area (Å²) < 4.78 is 17.9. The summed E-state index contributed by atoms with van der Waals surface area (Å²) >= 11 is 0. The number of hydrogen-bond acceptors (Lipinski definition) is 6. The minimum absolute atomic E-state index is 0.0232. The summed E-state index contributed by atoms with van der Waals surface area (Å²) in [6.45, 7) is 8.31. The Morgan fingerprint density at radius 2 is 1.23 bits per heavy atom. The van der Waals surface area contributed by atoms with E-state index >= 15 is 0 Å². The van der Waals surface area contributed by atoms with E-state index < -0.39 is 0 Å². The Hall–Kier alpha value is -2.57. The van der Waals surface area contributed by atoms with Crippen molar-refractivity contribution in [1.29, 1.82) is 0 Å². The van der Waals surface area contributed by atoms with Crippen molar-refractivity contribution in [2.24, 2.45) is 0 Å². The van der Waals surface area contributed by atoms with E-state index in [1.165, 1.54) is 39.0 Å². The maximum atomic E-state index is 12.9. The van der Waals surface area contributed by atoms with Gasteiger partial charge in [-0.2, -0.15) is 0 Å². The van der Waals surface area contributed by atoms with Crippen LogP contribution < -0.4 is 14.9 Å². The molecule has 6 heteroatoms. The van der Waals surface area contributed by atoms with Crippen LogP contribution in [0.15, 0.2) is 45.6 Å². The maximum absolute atomic E-state index is 12.9. The van der Waals surface area contributed by atoms with Crippen LogP contribution in [0.3, 0.4) is 0 Å². The molecule has 2 aliphatic heterocycles. The van der Waals surface area contributed by atoms with E-state index in [0.29, 0.717) is 35.2 Å². The van der Waals surface area contributed by atoms with Crippen LogP contribution in [0.4, 0.5) is 0 Å². The maximum Gasteiger partial charge on any atom is 0.200 e. The summed E-state index contributed by atoms with van der Waals surface area (Å²) in [6, 6.07) is 10.9. The lowest BCUT2D eigenvalue weighted by molar-refractivity contribution is 0.165. The predicted molar refractivity (Wildman–Crippen MR) is 122 cm³/mol. The van der Waals surface area contributed by atoms with Crippen molar-refractivity contribution < 1.29 is 13.9 Å². The smallest absolute Gasteiger partial charge is 0.200 e. The van der Waals surface area contributed by atoms with E-state index in [1.807, 2.05) is 24.3 Å². The Kier molecular flexibility index (Phi) is 6.09. The predicted octanol–water partition coefficient (Wildman–Crippen LogP) is 3.90. The molecule has 2 aromatic carbocycles. The molecule has 0 atom stereocenters.